The molecule has 0 aromatic heterocycles. The van der Waals surface area contributed by atoms with E-state index in [9.17, 15) is 8.42 Å². The Morgan fingerprint density at radius 2 is 1.73 bits per heavy atom. The molecule has 5 nitrogen and oxygen atoms in total. The minimum Gasteiger partial charge on any atom is -0.381 e. The van der Waals surface area contributed by atoms with Gasteiger partial charge in [0.2, 0.25) is 0 Å². The van der Waals surface area contributed by atoms with Gasteiger partial charge in [0.05, 0.1) is 21.3 Å². The monoisotopic (exact) mass is 415 g/mol. The summed E-state index contributed by atoms with van der Waals surface area (Å²) in [5, 5.41) is 4.03. The zero-order chi connectivity index (χ0) is 17.9. The lowest BCUT2D eigenvalue weighted by Gasteiger charge is -2.30. The fourth-order valence-electron chi connectivity index (χ4n) is 2.89. The molecular formula is C18H23Cl2N3O2S. The smallest absolute Gasteiger partial charge is 0.261 e. The number of piperidine rings is 1. The molecule has 0 atom stereocenters. The Bertz CT molecular complexity index is 824. The second-order valence-corrected chi connectivity index (χ2v) is 8.42. The maximum atomic E-state index is 12.5. The summed E-state index contributed by atoms with van der Waals surface area (Å²) in [6.07, 6.45) is 2.07. The van der Waals surface area contributed by atoms with Crippen molar-refractivity contribution in [3.8, 4) is 0 Å². The number of halogens is 2. The van der Waals surface area contributed by atoms with E-state index in [1.54, 1.807) is 48.5 Å². The molecular weight excluding hydrogens is 393 g/mol. The molecule has 0 unspecified atom stereocenters. The van der Waals surface area contributed by atoms with Crippen LogP contribution in [0.25, 0.3) is 0 Å². The first kappa shape index (κ1) is 20.8. The molecule has 2 aromatic rings. The van der Waals surface area contributed by atoms with E-state index in [-0.39, 0.29) is 17.3 Å². The first-order valence-corrected chi connectivity index (χ1v) is 10.1. The normalized spacial score (nSPS) is 15.9. The number of sulfonamides is 1. The molecule has 2 N–H and O–H groups in total. The Morgan fingerprint density at radius 3 is 2.38 bits per heavy atom. The Kier molecular flexibility index (Phi) is 7.17. The van der Waals surface area contributed by atoms with Crippen LogP contribution in [0.15, 0.2) is 53.4 Å². The van der Waals surface area contributed by atoms with Gasteiger partial charge in [-0.15, -0.1) is 12.4 Å². The van der Waals surface area contributed by atoms with Gasteiger partial charge in [-0.25, -0.2) is 8.42 Å². The number of likely N-dealkylation sites (tertiary alicyclic amines) is 1. The van der Waals surface area contributed by atoms with Gasteiger partial charge in [0, 0.05) is 6.04 Å². The summed E-state index contributed by atoms with van der Waals surface area (Å²) in [6.45, 7) is 2.07. The molecule has 1 aliphatic rings. The molecule has 1 saturated heterocycles. The zero-order valence-electron chi connectivity index (χ0n) is 14.5. The molecule has 0 radical (unpaired) electrons. The zero-order valence-corrected chi connectivity index (χ0v) is 16.9. The van der Waals surface area contributed by atoms with Gasteiger partial charge in [0.25, 0.3) is 10.0 Å². The first-order chi connectivity index (χ1) is 11.9. The van der Waals surface area contributed by atoms with Crippen LogP contribution in [0.1, 0.15) is 12.8 Å². The number of anilines is 2. The van der Waals surface area contributed by atoms with Crippen LogP contribution in [0.2, 0.25) is 5.02 Å². The highest BCUT2D eigenvalue weighted by Crippen LogP contribution is 2.29. The van der Waals surface area contributed by atoms with Crippen LogP contribution in [0.4, 0.5) is 11.4 Å². The van der Waals surface area contributed by atoms with Gasteiger partial charge in [0.15, 0.2) is 0 Å². The number of nitrogens with zero attached hydrogens (tertiary/aromatic N) is 1. The van der Waals surface area contributed by atoms with E-state index in [2.05, 4.69) is 22.0 Å². The van der Waals surface area contributed by atoms with Crippen LogP contribution >= 0.6 is 24.0 Å². The van der Waals surface area contributed by atoms with Crippen LogP contribution in [-0.4, -0.2) is 39.5 Å². The molecule has 0 spiro atoms. The summed E-state index contributed by atoms with van der Waals surface area (Å²) in [6, 6.07) is 13.8. The molecule has 2 aromatic carbocycles. The van der Waals surface area contributed by atoms with E-state index in [4.69, 9.17) is 11.6 Å². The van der Waals surface area contributed by atoms with Crippen LogP contribution < -0.4 is 10.0 Å². The largest absolute Gasteiger partial charge is 0.381 e. The quantitative estimate of drug-likeness (QED) is 0.772. The van der Waals surface area contributed by atoms with Crippen LogP contribution in [0, 0.1) is 0 Å². The average Bonchev–Trinajstić information content (AvgIpc) is 2.60. The summed E-state index contributed by atoms with van der Waals surface area (Å²) in [5.74, 6) is 0. The van der Waals surface area contributed by atoms with Crippen LogP contribution in [0.3, 0.4) is 0 Å². The average molecular weight is 416 g/mol. The Morgan fingerprint density at radius 1 is 1.08 bits per heavy atom. The van der Waals surface area contributed by atoms with Crippen molar-refractivity contribution in [3.63, 3.8) is 0 Å². The number of benzene rings is 2. The van der Waals surface area contributed by atoms with E-state index in [0.717, 1.165) is 31.6 Å². The van der Waals surface area contributed by atoms with Gasteiger partial charge in [-0.2, -0.15) is 0 Å². The Balaban J connectivity index is 0.00000243. The summed E-state index contributed by atoms with van der Waals surface area (Å²) < 4.78 is 27.5. The summed E-state index contributed by atoms with van der Waals surface area (Å²) in [5.41, 5.74) is 1.24. The van der Waals surface area contributed by atoms with Crippen molar-refractivity contribution in [2.24, 2.45) is 0 Å². The lowest BCUT2D eigenvalue weighted by molar-refractivity contribution is 0.264. The van der Waals surface area contributed by atoms with Crippen LogP contribution in [0.5, 0.6) is 0 Å². The van der Waals surface area contributed by atoms with Gasteiger partial charge >= 0.3 is 0 Å². The Hall–Kier alpha value is -1.47. The third-order valence-corrected chi connectivity index (χ3v) is 6.08. The topological polar surface area (TPSA) is 61.4 Å². The van der Waals surface area contributed by atoms with Crippen molar-refractivity contribution < 1.29 is 8.42 Å². The SMILES string of the molecule is CN1CCC(Nc2cc(NS(=O)(=O)c3ccccc3)ccc2Cl)CC1.Cl. The predicted molar refractivity (Wildman–Crippen MR) is 110 cm³/mol. The lowest BCUT2D eigenvalue weighted by Crippen LogP contribution is -2.36. The highest BCUT2D eigenvalue weighted by atomic mass is 35.5. The third kappa shape index (κ3) is 5.27. The molecule has 142 valence electrons. The van der Waals surface area contributed by atoms with E-state index >= 15 is 0 Å². The first-order valence-electron chi connectivity index (χ1n) is 8.26. The number of hydrogen-bond donors (Lipinski definition) is 2. The molecule has 1 aliphatic heterocycles. The lowest BCUT2D eigenvalue weighted by atomic mass is 10.1. The fraction of sp³-hybridized carbons (Fsp3) is 0.333. The highest BCUT2D eigenvalue weighted by Gasteiger charge is 2.18. The van der Waals surface area contributed by atoms with Gasteiger partial charge < -0.3 is 10.2 Å². The summed E-state index contributed by atoms with van der Waals surface area (Å²) in [4.78, 5) is 2.53. The van der Waals surface area contributed by atoms with Crippen molar-refractivity contribution in [1.82, 2.24) is 4.90 Å². The molecule has 1 fully saturated rings. The molecule has 0 saturated carbocycles. The standard InChI is InChI=1S/C18H22ClN3O2S.ClH/c1-22-11-9-14(10-12-22)20-18-13-15(7-8-17(18)19)21-25(23,24)16-5-3-2-4-6-16;/h2-8,13-14,20-21H,9-12H2,1H3;1H. The second kappa shape index (κ2) is 8.95. The van der Waals surface area contributed by atoms with Crippen molar-refractivity contribution in [2.75, 3.05) is 30.2 Å². The van der Waals surface area contributed by atoms with Crippen LogP contribution in [-0.2, 0) is 10.0 Å². The second-order valence-electron chi connectivity index (χ2n) is 6.34. The highest BCUT2D eigenvalue weighted by molar-refractivity contribution is 7.92. The third-order valence-electron chi connectivity index (χ3n) is 4.35. The van der Waals surface area contributed by atoms with E-state index in [1.807, 2.05) is 0 Å². The van der Waals surface area contributed by atoms with Crippen molar-refractivity contribution in [1.29, 1.82) is 0 Å². The number of nitrogens with one attached hydrogen (secondary N) is 2. The van der Waals surface area contributed by atoms with E-state index in [1.165, 1.54) is 0 Å². The van der Waals surface area contributed by atoms with Gasteiger partial charge in [-0.3, -0.25) is 4.72 Å². The number of rotatable bonds is 5. The minimum absolute atomic E-state index is 0. The van der Waals surface area contributed by atoms with Crippen molar-refractivity contribution >= 4 is 45.4 Å². The summed E-state index contributed by atoms with van der Waals surface area (Å²) >= 11 is 6.28. The fourth-order valence-corrected chi connectivity index (χ4v) is 4.13. The molecule has 3 rings (SSSR count). The van der Waals surface area contributed by atoms with Gasteiger partial charge in [0.1, 0.15) is 0 Å². The van der Waals surface area contributed by atoms with Crippen molar-refractivity contribution in [3.05, 3.63) is 53.6 Å². The molecule has 26 heavy (non-hydrogen) atoms. The van der Waals surface area contributed by atoms with Gasteiger partial charge in [-0.05, 0) is 63.3 Å². The summed E-state index contributed by atoms with van der Waals surface area (Å²) in [7, 11) is -1.50. The maximum Gasteiger partial charge on any atom is 0.261 e. The minimum atomic E-state index is -3.61. The number of hydrogen-bond acceptors (Lipinski definition) is 4. The van der Waals surface area contributed by atoms with E-state index in [0.29, 0.717) is 16.8 Å². The van der Waals surface area contributed by atoms with Gasteiger partial charge in [-0.1, -0.05) is 29.8 Å². The maximum absolute atomic E-state index is 12.5. The molecule has 8 heteroatoms. The molecule has 1 heterocycles. The molecule has 0 aliphatic carbocycles. The Labute approximate surface area is 166 Å². The van der Waals surface area contributed by atoms with Crippen molar-refractivity contribution in [2.45, 2.75) is 23.8 Å². The molecule has 0 bridgehead atoms. The predicted octanol–water partition coefficient (Wildman–Crippen LogP) is 4.07. The molecule has 0 amide bonds. The van der Waals surface area contributed by atoms with E-state index < -0.39 is 10.0 Å².